The van der Waals surface area contributed by atoms with Gasteiger partial charge in [-0.3, -0.25) is 4.58 Å². The van der Waals surface area contributed by atoms with Crippen molar-refractivity contribution < 1.29 is 4.58 Å². The first-order valence-electron chi connectivity index (χ1n) is 7.93. The Hall–Kier alpha value is -1.27. The Morgan fingerprint density at radius 1 is 1.16 bits per heavy atom. The number of nitrogens with zero attached hydrogens (tertiary/aromatic N) is 3. The van der Waals surface area contributed by atoms with E-state index in [9.17, 15) is 0 Å². The van der Waals surface area contributed by atoms with Gasteiger partial charge in [-0.2, -0.15) is 0 Å². The highest BCUT2D eigenvalue weighted by Crippen LogP contribution is 2.34. The van der Waals surface area contributed by atoms with E-state index in [4.69, 9.17) is 35.8 Å². The van der Waals surface area contributed by atoms with Crippen molar-refractivity contribution >= 4 is 63.6 Å². The molecule has 0 radical (unpaired) electrons. The second-order valence-corrected chi connectivity index (χ2v) is 8.11. The highest BCUT2D eigenvalue weighted by atomic mass is 35.5. The number of thioether (sulfide) groups is 1. The minimum absolute atomic E-state index is 0.183. The van der Waals surface area contributed by atoms with Crippen LogP contribution in [-0.2, 0) is 12.6 Å². The summed E-state index contributed by atoms with van der Waals surface area (Å²) >= 11 is 19.6. The molecule has 0 saturated heterocycles. The van der Waals surface area contributed by atoms with Gasteiger partial charge in [-0.15, -0.1) is 0 Å². The average molecular weight is 408 g/mol. The van der Waals surface area contributed by atoms with Gasteiger partial charge in [0.05, 0.1) is 27.4 Å². The molecule has 0 fully saturated rings. The molecule has 4 rings (SSSR count). The fraction of sp³-hybridized carbons (Fsp3) is 0.222. The SMILES string of the molecule is [S-]C(=Nc1ccc(Cl)c(Cl)c1)N1C2=[N+](CCS2)CC1c1ccccc1. The summed E-state index contributed by atoms with van der Waals surface area (Å²) in [5.41, 5.74) is 1.96. The number of rotatable bonds is 2. The van der Waals surface area contributed by atoms with Crippen LogP contribution in [0, 0.1) is 0 Å². The smallest absolute Gasteiger partial charge is 0.314 e. The highest BCUT2D eigenvalue weighted by molar-refractivity contribution is 8.13. The number of halogens is 2. The fourth-order valence-electron chi connectivity index (χ4n) is 3.11. The second-order valence-electron chi connectivity index (χ2n) is 5.87. The maximum absolute atomic E-state index is 6.10. The molecule has 0 N–H and O–H groups in total. The van der Waals surface area contributed by atoms with E-state index in [1.54, 1.807) is 12.1 Å². The Balaban J connectivity index is 1.71. The number of benzene rings is 2. The Kier molecular flexibility index (Phi) is 4.91. The summed E-state index contributed by atoms with van der Waals surface area (Å²) in [6.45, 7) is 1.98. The third-order valence-corrected chi connectivity index (χ3v) is 6.42. The third kappa shape index (κ3) is 3.38. The zero-order valence-electron chi connectivity index (χ0n) is 13.2. The summed E-state index contributed by atoms with van der Waals surface area (Å²) in [6.07, 6.45) is 0. The van der Waals surface area contributed by atoms with Crippen molar-refractivity contribution in [3.8, 4) is 0 Å². The molecule has 2 heterocycles. The summed E-state index contributed by atoms with van der Waals surface area (Å²) in [5.74, 6) is 1.09. The molecule has 0 amide bonds. The summed E-state index contributed by atoms with van der Waals surface area (Å²) in [4.78, 5) is 6.80. The Morgan fingerprint density at radius 3 is 2.72 bits per heavy atom. The lowest BCUT2D eigenvalue weighted by Gasteiger charge is -2.25. The zero-order valence-corrected chi connectivity index (χ0v) is 16.4. The summed E-state index contributed by atoms with van der Waals surface area (Å²) in [5, 5.41) is 2.75. The van der Waals surface area contributed by atoms with Gasteiger partial charge in [0.15, 0.2) is 6.04 Å². The van der Waals surface area contributed by atoms with Crippen LogP contribution in [0.3, 0.4) is 0 Å². The molecule has 2 aromatic carbocycles. The van der Waals surface area contributed by atoms with E-state index < -0.39 is 0 Å². The van der Waals surface area contributed by atoms with Gasteiger partial charge in [-0.05, 0) is 30.0 Å². The van der Waals surface area contributed by atoms with Crippen molar-refractivity contribution in [2.45, 2.75) is 6.04 Å². The Bertz CT molecular complexity index is 868. The van der Waals surface area contributed by atoms with Crippen LogP contribution in [0.15, 0.2) is 53.5 Å². The normalized spacial score (nSPS) is 20.3. The van der Waals surface area contributed by atoms with E-state index >= 15 is 0 Å². The van der Waals surface area contributed by atoms with Gasteiger partial charge in [0.2, 0.25) is 0 Å². The van der Waals surface area contributed by atoms with Crippen LogP contribution in [0.25, 0.3) is 0 Å². The molecule has 2 aliphatic rings. The number of aliphatic imine (C=N–C) groups is 1. The number of hydrogen-bond acceptors (Lipinski definition) is 3. The van der Waals surface area contributed by atoms with Crippen LogP contribution in [0.5, 0.6) is 0 Å². The van der Waals surface area contributed by atoms with Crippen LogP contribution in [0.4, 0.5) is 5.69 Å². The van der Waals surface area contributed by atoms with E-state index in [0.717, 1.165) is 18.8 Å². The molecule has 128 valence electrons. The first kappa shape index (κ1) is 17.2. The van der Waals surface area contributed by atoms with Crippen LogP contribution in [-0.4, -0.2) is 38.7 Å². The van der Waals surface area contributed by atoms with Crippen molar-refractivity contribution in [3.05, 3.63) is 64.1 Å². The van der Waals surface area contributed by atoms with Crippen LogP contribution >= 0.6 is 35.0 Å². The van der Waals surface area contributed by atoms with Crippen molar-refractivity contribution in [1.82, 2.24) is 4.90 Å². The third-order valence-electron chi connectivity index (χ3n) is 4.29. The molecule has 0 saturated carbocycles. The lowest BCUT2D eigenvalue weighted by Crippen LogP contribution is -2.34. The predicted octanol–water partition coefficient (Wildman–Crippen LogP) is 4.70. The first-order chi connectivity index (χ1) is 12.1. The molecule has 1 atom stereocenters. The second kappa shape index (κ2) is 7.16. The summed E-state index contributed by atoms with van der Waals surface area (Å²) in [7, 11) is 0. The molecule has 3 nitrogen and oxygen atoms in total. The molecule has 0 aromatic heterocycles. The molecular formula is C18H15Cl2N3S2. The molecule has 0 aliphatic carbocycles. The maximum atomic E-state index is 6.10. The summed E-state index contributed by atoms with van der Waals surface area (Å²) < 4.78 is 2.39. The van der Waals surface area contributed by atoms with Gasteiger partial charge in [0, 0.05) is 11.3 Å². The zero-order chi connectivity index (χ0) is 17.4. The van der Waals surface area contributed by atoms with E-state index in [1.165, 1.54) is 10.7 Å². The van der Waals surface area contributed by atoms with Crippen LogP contribution < -0.4 is 0 Å². The standard InChI is InChI=1S/C18H15Cl2N3S2/c19-14-7-6-13(10-15(14)20)21-17(24)23-16(12-4-2-1-3-5-12)11-22-8-9-25-18(22)23/h1-7,10,16H,8-9,11H2. The molecule has 2 aliphatic heterocycles. The topological polar surface area (TPSA) is 18.6 Å². The number of amidine groups is 2. The molecular weight excluding hydrogens is 393 g/mol. The molecule has 7 heteroatoms. The van der Waals surface area contributed by atoms with Gasteiger partial charge < -0.3 is 12.6 Å². The molecule has 2 aromatic rings. The van der Waals surface area contributed by atoms with E-state index in [-0.39, 0.29) is 6.04 Å². The lowest BCUT2D eigenvalue weighted by atomic mass is 10.1. The molecule has 0 bridgehead atoms. The molecule has 25 heavy (non-hydrogen) atoms. The minimum Gasteiger partial charge on any atom is -0.716 e. The van der Waals surface area contributed by atoms with E-state index in [1.807, 2.05) is 23.9 Å². The predicted molar refractivity (Wildman–Crippen MR) is 109 cm³/mol. The van der Waals surface area contributed by atoms with Gasteiger partial charge in [0.25, 0.3) is 0 Å². The monoisotopic (exact) mass is 407 g/mol. The van der Waals surface area contributed by atoms with E-state index in [2.05, 4.69) is 38.7 Å². The van der Waals surface area contributed by atoms with Crippen molar-refractivity contribution in [3.63, 3.8) is 0 Å². The maximum Gasteiger partial charge on any atom is 0.314 e. The first-order valence-corrected chi connectivity index (χ1v) is 10.1. The van der Waals surface area contributed by atoms with Crippen molar-refractivity contribution in [2.24, 2.45) is 4.99 Å². The van der Waals surface area contributed by atoms with Crippen LogP contribution in [0.1, 0.15) is 11.6 Å². The minimum atomic E-state index is 0.183. The van der Waals surface area contributed by atoms with Gasteiger partial charge in [0.1, 0.15) is 6.54 Å². The Morgan fingerprint density at radius 2 is 1.96 bits per heavy atom. The Labute approximate surface area is 166 Å². The van der Waals surface area contributed by atoms with Gasteiger partial charge in [-0.25, -0.2) is 9.89 Å². The van der Waals surface area contributed by atoms with Crippen molar-refractivity contribution in [2.75, 3.05) is 18.8 Å². The van der Waals surface area contributed by atoms with Crippen LogP contribution in [0.2, 0.25) is 10.0 Å². The average Bonchev–Trinajstić information content (AvgIpc) is 3.19. The molecule has 0 spiro atoms. The van der Waals surface area contributed by atoms with Gasteiger partial charge in [-0.1, -0.05) is 53.5 Å². The lowest BCUT2D eigenvalue weighted by molar-refractivity contribution is -0.511. The fourth-order valence-corrected chi connectivity index (χ4v) is 4.98. The summed E-state index contributed by atoms with van der Waals surface area (Å²) in [6, 6.07) is 16.0. The molecule has 1 unspecified atom stereocenters. The number of hydrogen-bond donors (Lipinski definition) is 0. The van der Waals surface area contributed by atoms with Gasteiger partial charge >= 0.3 is 5.17 Å². The largest absolute Gasteiger partial charge is 0.716 e. The quantitative estimate of drug-likeness (QED) is 0.311. The van der Waals surface area contributed by atoms with E-state index in [0.29, 0.717) is 20.9 Å². The highest BCUT2D eigenvalue weighted by Gasteiger charge is 2.43. The van der Waals surface area contributed by atoms with Crippen molar-refractivity contribution in [1.29, 1.82) is 0 Å².